The minimum absolute atomic E-state index is 0.550. The molecule has 0 aliphatic carbocycles. The van der Waals surface area contributed by atoms with Gasteiger partial charge in [-0.05, 0) is 44.7 Å². The molecular weight excluding hydrogens is 242 g/mol. The first-order valence-corrected chi connectivity index (χ1v) is 6.71. The monoisotopic (exact) mass is 263 g/mol. The van der Waals surface area contributed by atoms with Crippen molar-refractivity contribution in [2.75, 3.05) is 19.8 Å². The topological polar surface area (TPSA) is 51.1 Å². The van der Waals surface area contributed by atoms with Gasteiger partial charge in [-0.1, -0.05) is 16.8 Å². The van der Waals surface area contributed by atoms with E-state index in [9.17, 15) is 0 Å². The Bertz CT molecular complexity index is 451. The minimum Gasteiger partial charge on any atom is -0.493 e. The van der Waals surface area contributed by atoms with Gasteiger partial charge in [-0.2, -0.15) is 0 Å². The average molecular weight is 263 g/mol. The highest BCUT2D eigenvalue weighted by atomic mass is 16.5. The van der Waals surface area contributed by atoms with Gasteiger partial charge in [-0.15, -0.1) is 0 Å². The van der Waals surface area contributed by atoms with E-state index in [1.54, 1.807) is 6.92 Å². The number of hydrogen-bond acceptors (Lipinski definition) is 4. The summed E-state index contributed by atoms with van der Waals surface area (Å²) in [5.74, 6) is 1.33. The molecule has 0 amide bonds. The summed E-state index contributed by atoms with van der Waals surface area (Å²) >= 11 is 0. The summed E-state index contributed by atoms with van der Waals surface area (Å²) in [6, 6.07) is 5.93. The second kappa shape index (κ2) is 6.57. The smallest absolute Gasteiger partial charge is 0.128 e. The fraction of sp³-hybridized carbons (Fsp3) is 0.533. The molecule has 0 saturated carbocycles. The van der Waals surface area contributed by atoms with Gasteiger partial charge < -0.3 is 14.7 Å². The third kappa shape index (κ3) is 3.70. The summed E-state index contributed by atoms with van der Waals surface area (Å²) < 4.78 is 11.2. The van der Waals surface area contributed by atoms with Crippen molar-refractivity contribution in [3.8, 4) is 5.75 Å². The van der Waals surface area contributed by atoms with Crippen LogP contribution < -0.4 is 4.74 Å². The molecule has 1 aromatic carbocycles. The number of rotatable bonds is 4. The summed E-state index contributed by atoms with van der Waals surface area (Å²) in [5, 5.41) is 12.2. The Hall–Kier alpha value is -1.55. The molecule has 0 spiro atoms. The van der Waals surface area contributed by atoms with E-state index in [-0.39, 0.29) is 0 Å². The van der Waals surface area contributed by atoms with Gasteiger partial charge in [0.1, 0.15) is 5.75 Å². The van der Waals surface area contributed by atoms with Crippen molar-refractivity contribution < 1.29 is 14.7 Å². The molecule has 4 nitrogen and oxygen atoms in total. The van der Waals surface area contributed by atoms with Crippen molar-refractivity contribution in [1.82, 2.24) is 0 Å². The summed E-state index contributed by atoms with van der Waals surface area (Å²) in [6.45, 7) is 6.13. The number of hydrogen-bond donors (Lipinski definition) is 1. The highest BCUT2D eigenvalue weighted by molar-refractivity contribution is 6.00. The molecule has 1 N–H and O–H groups in total. The van der Waals surface area contributed by atoms with Crippen LogP contribution in [0.3, 0.4) is 0 Å². The van der Waals surface area contributed by atoms with Crippen LogP contribution >= 0.6 is 0 Å². The quantitative estimate of drug-likeness (QED) is 0.516. The molecule has 19 heavy (non-hydrogen) atoms. The Morgan fingerprint density at radius 1 is 1.42 bits per heavy atom. The average Bonchev–Trinajstić information content (AvgIpc) is 2.46. The predicted molar refractivity (Wildman–Crippen MR) is 74.2 cm³/mol. The summed E-state index contributed by atoms with van der Waals surface area (Å²) in [4.78, 5) is 0. The van der Waals surface area contributed by atoms with Gasteiger partial charge in [-0.25, -0.2) is 0 Å². The van der Waals surface area contributed by atoms with Crippen LogP contribution in [-0.2, 0) is 4.74 Å². The molecule has 0 bridgehead atoms. The SMILES string of the molecule is CC(=NO)c1cc(C)ccc1OCC1CCOCC1. The van der Waals surface area contributed by atoms with Gasteiger partial charge in [0.25, 0.3) is 0 Å². The van der Waals surface area contributed by atoms with Gasteiger partial charge in [0.2, 0.25) is 0 Å². The zero-order valence-electron chi connectivity index (χ0n) is 11.6. The van der Waals surface area contributed by atoms with E-state index in [4.69, 9.17) is 14.7 Å². The van der Waals surface area contributed by atoms with Crippen molar-refractivity contribution in [3.05, 3.63) is 29.3 Å². The van der Waals surface area contributed by atoms with Crippen molar-refractivity contribution in [3.63, 3.8) is 0 Å². The van der Waals surface area contributed by atoms with Crippen LogP contribution in [0.2, 0.25) is 0 Å². The van der Waals surface area contributed by atoms with Crippen molar-refractivity contribution in [1.29, 1.82) is 0 Å². The maximum atomic E-state index is 8.94. The number of benzene rings is 1. The molecular formula is C15H21NO3. The largest absolute Gasteiger partial charge is 0.493 e. The first-order chi connectivity index (χ1) is 9.20. The van der Waals surface area contributed by atoms with Crippen LogP contribution in [0.4, 0.5) is 0 Å². The first-order valence-electron chi connectivity index (χ1n) is 6.71. The molecule has 0 atom stereocenters. The predicted octanol–water partition coefficient (Wildman–Crippen LogP) is 3.00. The van der Waals surface area contributed by atoms with Gasteiger partial charge in [0.15, 0.2) is 0 Å². The van der Waals surface area contributed by atoms with Crippen molar-refractivity contribution in [2.45, 2.75) is 26.7 Å². The zero-order valence-corrected chi connectivity index (χ0v) is 11.6. The Morgan fingerprint density at radius 3 is 2.84 bits per heavy atom. The van der Waals surface area contributed by atoms with Gasteiger partial charge in [0.05, 0.1) is 12.3 Å². The van der Waals surface area contributed by atoms with E-state index in [1.807, 2.05) is 25.1 Å². The van der Waals surface area contributed by atoms with E-state index in [2.05, 4.69) is 5.16 Å². The normalized spacial score (nSPS) is 17.5. The standard InChI is InChI=1S/C15H21NO3/c1-11-3-4-15(14(9-11)12(2)16-17)19-10-13-5-7-18-8-6-13/h3-4,9,13,17H,5-8,10H2,1-2H3. The van der Waals surface area contributed by atoms with Crippen molar-refractivity contribution in [2.24, 2.45) is 11.1 Å². The fourth-order valence-electron chi connectivity index (χ4n) is 2.23. The Morgan fingerprint density at radius 2 is 2.16 bits per heavy atom. The van der Waals surface area contributed by atoms with Gasteiger partial charge >= 0.3 is 0 Å². The lowest BCUT2D eigenvalue weighted by atomic mass is 10.0. The van der Waals surface area contributed by atoms with Crippen molar-refractivity contribution >= 4 is 5.71 Å². The summed E-state index contributed by atoms with van der Waals surface area (Å²) in [7, 11) is 0. The number of oxime groups is 1. The lowest BCUT2D eigenvalue weighted by Gasteiger charge is -2.22. The van der Waals surface area contributed by atoms with Crippen LogP contribution in [0.25, 0.3) is 0 Å². The van der Waals surface area contributed by atoms with Gasteiger partial charge in [0, 0.05) is 18.8 Å². The Labute approximate surface area is 114 Å². The molecule has 0 aromatic heterocycles. The zero-order chi connectivity index (χ0) is 13.7. The molecule has 1 aliphatic rings. The highest BCUT2D eigenvalue weighted by Gasteiger charge is 2.16. The molecule has 104 valence electrons. The van der Waals surface area contributed by atoms with Crippen LogP contribution in [0, 0.1) is 12.8 Å². The second-order valence-corrected chi connectivity index (χ2v) is 5.05. The van der Waals surface area contributed by atoms with Gasteiger partial charge in [-0.3, -0.25) is 0 Å². The summed E-state index contributed by atoms with van der Waals surface area (Å²) in [6.07, 6.45) is 2.10. The summed E-state index contributed by atoms with van der Waals surface area (Å²) in [5.41, 5.74) is 2.55. The maximum Gasteiger partial charge on any atom is 0.128 e. The molecule has 1 aliphatic heterocycles. The molecule has 1 heterocycles. The fourth-order valence-corrected chi connectivity index (χ4v) is 2.23. The second-order valence-electron chi connectivity index (χ2n) is 5.05. The number of nitrogens with zero attached hydrogens (tertiary/aromatic N) is 1. The molecule has 2 rings (SSSR count). The molecule has 4 heteroatoms. The highest BCUT2D eigenvalue weighted by Crippen LogP contribution is 2.23. The van der Waals surface area contributed by atoms with Crippen LogP contribution in [-0.4, -0.2) is 30.7 Å². The van der Waals surface area contributed by atoms with E-state index in [0.29, 0.717) is 18.2 Å². The van der Waals surface area contributed by atoms with Crippen LogP contribution in [0.15, 0.2) is 23.4 Å². The first kappa shape index (κ1) is 13.9. The molecule has 1 saturated heterocycles. The molecule has 0 unspecified atom stereocenters. The van der Waals surface area contributed by atoms with Crippen LogP contribution in [0.5, 0.6) is 5.75 Å². The third-order valence-corrected chi connectivity index (χ3v) is 3.49. The molecule has 1 fully saturated rings. The van der Waals surface area contributed by atoms with E-state index < -0.39 is 0 Å². The van der Waals surface area contributed by atoms with E-state index >= 15 is 0 Å². The minimum atomic E-state index is 0.550. The number of aryl methyl sites for hydroxylation is 1. The van der Waals surface area contributed by atoms with E-state index in [0.717, 1.165) is 42.9 Å². The Balaban J connectivity index is 2.06. The number of ether oxygens (including phenoxy) is 2. The maximum absolute atomic E-state index is 8.94. The van der Waals surface area contributed by atoms with E-state index in [1.165, 1.54) is 0 Å². The van der Waals surface area contributed by atoms with Crippen LogP contribution in [0.1, 0.15) is 30.9 Å². The lowest BCUT2D eigenvalue weighted by molar-refractivity contribution is 0.0497. The lowest BCUT2D eigenvalue weighted by Crippen LogP contribution is -2.21. The molecule has 0 radical (unpaired) electrons. The molecule has 1 aromatic rings. The Kier molecular flexibility index (Phi) is 4.80. The third-order valence-electron chi connectivity index (χ3n) is 3.49.